The quantitative estimate of drug-likeness (QED) is 0.0569. The summed E-state index contributed by atoms with van der Waals surface area (Å²) in [7, 11) is -5.57. The molecule has 2 aromatic rings. The molecule has 0 bridgehead atoms. The topological polar surface area (TPSA) is 358 Å². The van der Waals surface area contributed by atoms with Gasteiger partial charge in [0.25, 0.3) is 5.79 Å². The van der Waals surface area contributed by atoms with Crippen LogP contribution in [-0.4, -0.2) is 137 Å². The van der Waals surface area contributed by atoms with Crippen molar-refractivity contribution in [3.63, 3.8) is 0 Å². The van der Waals surface area contributed by atoms with E-state index in [4.69, 9.17) is 30.0 Å². The second-order valence-corrected chi connectivity index (χ2v) is 13.5. The smallest absolute Gasteiger partial charge is 0.475 e. The summed E-state index contributed by atoms with van der Waals surface area (Å²) in [6.45, 7) is -0.403. The first-order valence-corrected chi connectivity index (χ1v) is 17.2. The van der Waals surface area contributed by atoms with Gasteiger partial charge in [-0.2, -0.15) is 4.98 Å². The monoisotopic (exact) mass is 760 g/mol. The van der Waals surface area contributed by atoms with E-state index in [0.29, 0.717) is 5.56 Å². The van der Waals surface area contributed by atoms with Crippen LogP contribution >= 0.6 is 7.82 Å². The van der Waals surface area contributed by atoms with Gasteiger partial charge in [-0.25, -0.2) is 18.7 Å². The maximum atomic E-state index is 13.1. The summed E-state index contributed by atoms with van der Waals surface area (Å²) in [5, 5.41) is 68.3. The minimum absolute atomic E-state index is 0.128. The van der Waals surface area contributed by atoms with Crippen molar-refractivity contribution in [2.45, 2.75) is 80.7 Å². The Labute approximate surface area is 294 Å². The van der Waals surface area contributed by atoms with E-state index in [2.05, 4.69) is 15.6 Å². The number of aliphatic carboxylic acids is 1. The van der Waals surface area contributed by atoms with Gasteiger partial charge in [-0.1, -0.05) is 24.3 Å². The van der Waals surface area contributed by atoms with Crippen LogP contribution < -0.4 is 27.8 Å². The summed E-state index contributed by atoms with van der Waals surface area (Å²) < 4.78 is 34.5. The summed E-state index contributed by atoms with van der Waals surface area (Å²) >= 11 is 0. The number of benzene rings is 1. The number of nitrogens with two attached hydrogens (primary N) is 2. The number of carbonyl (C=O) groups is 3. The molecular weight excluding hydrogens is 719 g/mol. The third-order valence-electron chi connectivity index (χ3n) is 8.30. The van der Waals surface area contributed by atoms with Crippen molar-refractivity contribution in [2.24, 2.45) is 5.73 Å². The average Bonchev–Trinajstić information content (AvgIpc) is 3.36. The number of Topliss-reactive ketones (excluding diaryl/α,β-unsaturated/α-hetero) is 1. The third kappa shape index (κ3) is 9.62. The number of nitrogens with one attached hydrogen (secondary N) is 2. The lowest BCUT2D eigenvalue weighted by atomic mass is 9.88. The average molecular weight is 761 g/mol. The van der Waals surface area contributed by atoms with Crippen LogP contribution in [0.1, 0.15) is 35.5 Å². The fourth-order valence-corrected chi connectivity index (χ4v) is 6.48. The SMILES string of the molecule is CC(=O)c1ccc(CNCC(=O)N[C@H]2C([C@H](O)[C@H](O)CN)O[C@](OP(=O)(O)OC[C@H]3O[C@@H](n4ccc(N)nc4=O)[C@@H](O)C3O)(C(=O)O)C[C@H]2O)cc1. The normalized spacial score (nSPS) is 29.9. The van der Waals surface area contributed by atoms with Gasteiger partial charge >= 0.3 is 19.5 Å². The van der Waals surface area contributed by atoms with Crippen molar-refractivity contribution in [3.8, 4) is 0 Å². The zero-order valence-corrected chi connectivity index (χ0v) is 28.4. The van der Waals surface area contributed by atoms with Crippen molar-refractivity contribution < 1.29 is 73.0 Å². The number of ether oxygens (including phenoxy) is 2. The molecule has 0 aliphatic carbocycles. The molecule has 0 radical (unpaired) electrons. The number of hydrogen-bond acceptors (Lipinski definition) is 18. The molecule has 2 saturated heterocycles. The Morgan fingerprint density at radius 3 is 2.42 bits per heavy atom. The number of anilines is 1. The molecule has 2 aliphatic rings. The molecule has 22 nitrogen and oxygen atoms in total. The van der Waals surface area contributed by atoms with Crippen molar-refractivity contribution in [1.29, 1.82) is 0 Å². The number of phosphoric ester groups is 1. The van der Waals surface area contributed by atoms with E-state index in [9.17, 15) is 59.3 Å². The molecule has 3 unspecified atom stereocenters. The van der Waals surface area contributed by atoms with E-state index < -0.39 is 106 Å². The summed E-state index contributed by atoms with van der Waals surface area (Å²) in [6.07, 6.45) is -14.6. The highest BCUT2D eigenvalue weighted by Crippen LogP contribution is 2.51. The summed E-state index contributed by atoms with van der Waals surface area (Å²) in [6, 6.07) is 6.12. The lowest BCUT2D eigenvalue weighted by Gasteiger charge is -2.46. The second kappa shape index (κ2) is 16.9. The number of aromatic nitrogens is 2. The van der Waals surface area contributed by atoms with Gasteiger partial charge in [-0.05, 0) is 18.6 Å². The van der Waals surface area contributed by atoms with Gasteiger partial charge in [0.1, 0.15) is 36.3 Å². The Balaban J connectivity index is 1.44. The van der Waals surface area contributed by atoms with E-state index in [1.165, 1.54) is 13.0 Å². The Bertz CT molecular complexity index is 1700. The van der Waals surface area contributed by atoms with Crippen LogP contribution in [0.25, 0.3) is 0 Å². The number of carbonyl (C=O) groups excluding carboxylic acids is 2. The summed E-state index contributed by atoms with van der Waals surface area (Å²) in [4.78, 5) is 63.0. The molecule has 288 valence electrons. The highest BCUT2D eigenvalue weighted by Gasteiger charge is 2.59. The molecule has 4 rings (SSSR count). The van der Waals surface area contributed by atoms with Gasteiger partial charge in [0.2, 0.25) is 5.91 Å². The largest absolute Gasteiger partial charge is 0.477 e. The molecule has 3 heterocycles. The number of hydrogen-bond donors (Lipinski definition) is 11. The highest BCUT2D eigenvalue weighted by molar-refractivity contribution is 7.47. The number of nitrogen functional groups attached to an aromatic ring is 1. The first-order valence-electron chi connectivity index (χ1n) is 15.7. The van der Waals surface area contributed by atoms with E-state index in [1.54, 1.807) is 24.3 Å². The van der Waals surface area contributed by atoms with Crippen molar-refractivity contribution in [2.75, 3.05) is 25.4 Å². The van der Waals surface area contributed by atoms with Crippen LogP contribution in [0.2, 0.25) is 0 Å². The van der Waals surface area contributed by atoms with Gasteiger partial charge in [-0.3, -0.25) is 18.7 Å². The highest BCUT2D eigenvalue weighted by atomic mass is 31.2. The summed E-state index contributed by atoms with van der Waals surface area (Å²) in [5.41, 5.74) is 11.2. The number of carboxylic acids is 1. The zero-order chi connectivity index (χ0) is 38.5. The molecular formula is C29H41N6O16P. The van der Waals surface area contributed by atoms with Gasteiger partial charge in [0.05, 0.1) is 31.4 Å². The minimum Gasteiger partial charge on any atom is -0.477 e. The lowest BCUT2D eigenvalue weighted by Crippen LogP contribution is -2.68. The third-order valence-corrected chi connectivity index (χ3v) is 9.30. The van der Waals surface area contributed by atoms with Crippen molar-refractivity contribution in [1.82, 2.24) is 20.2 Å². The van der Waals surface area contributed by atoms with E-state index >= 15 is 0 Å². The molecule has 11 atom stereocenters. The number of rotatable bonds is 16. The van der Waals surface area contributed by atoms with E-state index in [-0.39, 0.29) is 24.7 Å². The first kappa shape index (κ1) is 41.0. The van der Waals surface area contributed by atoms with E-state index in [1.807, 2.05) is 0 Å². The van der Waals surface area contributed by atoms with Crippen LogP contribution in [0.15, 0.2) is 41.3 Å². The number of carboxylic acid groups (broad SMARTS) is 1. The van der Waals surface area contributed by atoms with Crippen molar-refractivity contribution in [3.05, 3.63) is 58.1 Å². The number of nitrogens with zero attached hydrogens (tertiary/aromatic N) is 2. The molecule has 1 amide bonds. The standard InChI is InChI=1S/C29H41N6O16P/c1-13(36)15-4-2-14(3-5-15)10-32-11-20(39)34-21-16(37)8-29(27(43)44,50-25(21)22(40)17(38)9-30)51-52(46,47)48-12-18-23(41)24(42)26(49-18)35-7-6-19(31)33-28(35)45/h2-7,16-18,21-26,32,37-38,40-42H,8-12,30H2,1H3,(H,34,39)(H,43,44)(H,46,47)(H2,31,33,45)/t16-,17-,18-,21-,22-,23?,24+,25?,26-,29-/m1/s1. The van der Waals surface area contributed by atoms with E-state index in [0.717, 1.165) is 16.3 Å². The Hall–Kier alpha value is -3.74. The van der Waals surface area contributed by atoms with Gasteiger partial charge in [0.15, 0.2) is 12.0 Å². The van der Waals surface area contributed by atoms with Gasteiger partial charge in [-0.15, -0.1) is 0 Å². The maximum absolute atomic E-state index is 13.1. The Morgan fingerprint density at radius 2 is 1.83 bits per heavy atom. The predicted octanol–water partition coefficient (Wildman–Crippen LogP) is -4.33. The van der Waals surface area contributed by atoms with Crippen LogP contribution in [-0.2, 0) is 39.2 Å². The van der Waals surface area contributed by atoms with Crippen molar-refractivity contribution >= 4 is 31.3 Å². The zero-order valence-electron chi connectivity index (χ0n) is 27.5. The molecule has 1 aromatic carbocycles. The Kier molecular flexibility index (Phi) is 13.4. The van der Waals surface area contributed by atoms with Crippen LogP contribution in [0, 0.1) is 0 Å². The molecule has 0 spiro atoms. The van der Waals surface area contributed by atoms with Crippen LogP contribution in [0.4, 0.5) is 5.82 Å². The van der Waals surface area contributed by atoms with Crippen LogP contribution in [0.5, 0.6) is 0 Å². The fourth-order valence-electron chi connectivity index (χ4n) is 5.53. The second-order valence-electron chi connectivity index (χ2n) is 12.1. The Morgan fingerprint density at radius 1 is 1.15 bits per heavy atom. The van der Waals surface area contributed by atoms with Gasteiger partial charge < -0.3 is 67.1 Å². The number of phosphoric acid groups is 1. The fraction of sp³-hybridized carbons (Fsp3) is 0.552. The molecule has 52 heavy (non-hydrogen) atoms. The molecule has 23 heteroatoms. The minimum atomic E-state index is -5.57. The molecule has 0 saturated carbocycles. The molecule has 13 N–H and O–H groups in total. The van der Waals surface area contributed by atoms with Crippen LogP contribution in [0.3, 0.4) is 0 Å². The number of amides is 1. The number of ketones is 1. The number of aliphatic hydroxyl groups excluding tert-OH is 5. The molecule has 1 aromatic heterocycles. The summed E-state index contributed by atoms with van der Waals surface area (Å²) in [5.74, 6) is -6.38. The lowest BCUT2D eigenvalue weighted by molar-refractivity contribution is -0.287. The molecule has 2 aliphatic heterocycles. The van der Waals surface area contributed by atoms with Gasteiger partial charge in [0, 0.05) is 31.3 Å². The number of aliphatic hydroxyl groups is 5. The first-order chi connectivity index (χ1) is 24.4. The maximum Gasteiger partial charge on any atom is 0.475 e. The predicted molar refractivity (Wildman–Crippen MR) is 173 cm³/mol. The molecule has 2 fully saturated rings.